The fraction of sp³-hybridized carbons (Fsp3) is 0.417. The second-order valence-electron chi connectivity index (χ2n) is 3.45. The van der Waals surface area contributed by atoms with E-state index in [1.54, 1.807) is 6.92 Å². The van der Waals surface area contributed by atoms with Gasteiger partial charge in [-0.3, -0.25) is 4.79 Å². The molecule has 98 valence electrons. The van der Waals surface area contributed by atoms with Gasteiger partial charge in [0.2, 0.25) is 0 Å². The van der Waals surface area contributed by atoms with Gasteiger partial charge in [0.25, 0.3) is 0 Å². The van der Waals surface area contributed by atoms with Crippen LogP contribution in [0.4, 0.5) is 0 Å². The van der Waals surface area contributed by atoms with Crippen LogP contribution >= 0.6 is 11.8 Å². The molecule has 6 heteroatoms. The summed E-state index contributed by atoms with van der Waals surface area (Å²) in [6, 6.07) is 2.87. The molecule has 0 radical (unpaired) electrons. The van der Waals surface area contributed by atoms with Crippen molar-refractivity contribution in [1.29, 1.82) is 0 Å². The Kier molecular flexibility index (Phi) is 5.64. The number of hydrogen-bond acceptors (Lipinski definition) is 5. The molecule has 0 saturated heterocycles. The van der Waals surface area contributed by atoms with E-state index in [0.29, 0.717) is 18.1 Å². The summed E-state index contributed by atoms with van der Waals surface area (Å²) < 4.78 is 4.94. The number of aromatic nitrogens is 1. The lowest BCUT2D eigenvalue weighted by Gasteiger charge is -2.12. The van der Waals surface area contributed by atoms with Crippen LogP contribution in [0.5, 0.6) is 0 Å². The third-order valence-electron chi connectivity index (χ3n) is 2.17. The van der Waals surface area contributed by atoms with E-state index in [0.717, 1.165) is 0 Å². The Bertz CT molecular complexity index is 436. The minimum atomic E-state index is -1.01. The maximum Gasteiger partial charge on any atom is 0.335 e. The minimum absolute atomic E-state index is 0.159. The first-order valence-corrected chi connectivity index (χ1v) is 6.49. The van der Waals surface area contributed by atoms with Crippen LogP contribution in [0, 0.1) is 0 Å². The zero-order valence-electron chi connectivity index (χ0n) is 10.3. The summed E-state index contributed by atoms with van der Waals surface area (Å²) in [7, 11) is 0. The highest BCUT2D eigenvalue weighted by Crippen LogP contribution is 2.25. The lowest BCUT2D eigenvalue weighted by Crippen LogP contribution is -2.19. The molecule has 1 N–H and O–H groups in total. The molecule has 1 heterocycles. The van der Waals surface area contributed by atoms with Crippen LogP contribution in [0.15, 0.2) is 23.4 Å². The van der Waals surface area contributed by atoms with Crippen molar-refractivity contribution in [3.63, 3.8) is 0 Å². The van der Waals surface area contributed by atoms with E-state index in [4.69, 9.17) is 9.84 Å². The van der Waals surface area contributed by atoms with Crippen LogP contribution in [0.2, 0.25) is 0 Å². The van der Waals surface area contributed by atoms with E-state index < -0.39 is 5.97 Å². The molecular weight excluding hydrogens is 254 g/mol. The van der Waals surface area contributed by atoms with E-state index >= 15 is 0 Å². The number of carbonyl (C=O) groups is 2. The maximum absolute atomic E-state index is 11.6. The molecule has 5 nitrogen and oxygen atoms in total. The lowest BCUT2D eigenvalue weighted by molar-refractivity contribution is -0.142. The Labute approximate surface area is 110 Å². The quantitative estimate of drug-likeness (QED) is 0.630. The van der Waals surface area contributed by atoms with Crippen molar-refractivity contribution in [3.05, 3.63) is 23.9 Å². The number of carboxylic acid groups (broad SMARTS) is 1. The standard InChI is InChI=1S/C12H15NO4S/c1-3-9(12(16)17-4-2)18-10-7-8(11(14)15)5-6-13-10/h5-7,9H,3-4H2,1-2H3,(H,14,15). The predicted molar refractivity (Wildman–Crippen MR) is 67.8 cm³/mol. The second-order valence-corrected chi connectivity index (χ2v) is 4.68. The molecule has 1 rings (SSSR count). The van der Waals surface area contributed by atoms with Crippen molar-refractivity contribution in [2.75, 3.05) is 6.61 Å². The first-order chi connectivity index (χ1) is 8.58. The van der Waals surface area contributed by atoms with Crippen molar-refractivity contribution in [1.82, 2.24) is 4.98 Å². The summed E-state index contributed by atoms with van der Waals surface area (Å²) >= 11 is 1.22. The molecule has 1 aromatic heterocycles. The van der Waals surface area contributed by atoms with Crippen LogP contribution < -0.4 is 0 Å². The molecule has 0 spiro atoms. The maximum atomic E-state index is 11.6. The minimum Gasteiger partial charge on any atom is -0.478 e. The molecule has 1 aromatic rings. The van der Waals surface area contributed by atoms with Crippen LogP contribution in [0.25, 0.3) is 0 Å². The van der Waals surface area contributed by atoms with Gasteiger partial charge in [-0.25, -0.2) is 9.78 Å². The molecule has 1 unspecified atom stereocenters. The Morgan fingerprint density at radius 3 is 2.78 bits per heavy atom. The zero-order valence-corrected chi connectivity index (χ0v) is 11.1. The first kappa shape index (κ1) is 14.5. The zero-order chi connectivity index (χ0) is 13.5. The van der Waals surface area contributed by atoms with Crippen LogP contribution in [-0.4, -0.2) is 33.9 Å². The summed E-state index contributed by atoms with van der Waals surface area (Å²) in [5, 5.41) is 9.01. The summed E-state index contributed by atoms with van der Waals surface area (Å²) in [4.78, 5) is 26.5. The smallest absolute Gasteiger partial charge is 0.335 e. The average Bonchev–Trinajstić information content (AvgIpc) is 2.36. The lowest BCUT2D eigenvalue weighted by atomic mass is 10.3. The van der Waals surface area contributed by atoms with Gasteiger partial charge in [-0.05, 0) is 25.5 Å². The van der Waals surface area contributed by atoms with Crippen molar-refractivity contribution in [2.45, 2.75) is 30.5 Å². The highest BCUT2D eigenvalue weighted by atomic mass is 32.2. The number of pyridine rings is 1. The van der Waals surface area contributed by atoms with Crippen LogP contribution in [0.3, 0.4) is 0 Å². The molecule has 1 atom stereocenters. The van der Waals surface area contributed by atoms with Crippen LogP contribution in [0.1, 0.15) is 30.6 Å². The molecule has 0 aliphatic heterocycles. The van der Waals surface area contributed by atoms with E-state index in [1.807, 2.05) is 6.92 Å². The Morgan fingerprint density at radius 1 is 1.50 bits per heavy atom. The first-order valence-electron chi connectivity index (χ1n) is 5.61. The Hall–Kier alpha value is -1.56. The van der Waals surface area contributed by atoms with Gasteiger partial charge in [0.15, 0.2) is 0 Å². The molecule has 0 bridgehead atoms. The van der Waals surface area contributed by atoms with E-state index in [1.165, 1.54) is 30.1 Å². The highest BCUT2D eigenvalue weighted by Gasteiger charge is 2.20. The van der Waals surface area contributed by atoms with Crippen LogP contribution in [-0.2, 0) is 9.53 Å². The van der Waals surface area contributed by atoms with Gasteiger partial charge in [-0.15, -0.1) is 0 Å². The third kappa shape index (κ3) is 4.03. The molecular formula is C12H15NO4S. The number of carboxylic acids is 1. The van der Waals surface area contributed by atoms with Gasteiger partial charge in [0.05, 0.1) is 17.2 Å². The fourth-order valence-corrected chi connectivity index (χ4v) is 2.23. The van der Waals surface area contributed by atoms with E-state index in [9.17, 15) is 9.59 Å². The fourth-order valence-electron chi connectivity index (χ4n) is 1.29. The number of rotatable bonds is 6. The number of nitrogens with zero attached hydrogens (tertiary/aromatic N) is 1. The number of esters is 1. The van der Waals surface area contributed by atoms with Crippen molar-refractivity contribution in [3.8, 4) is 0 Å². The van der Waals surface area contributed by atoms with Crippen molar-refractivity contribution in [2.24, 2.45) is 0 Å². The van der Waals surface area contributed by atoms with Gasteiger partial charge in [0, 0.05) is 6.20 Å². The Balaban J connectivity index is 2.78. The van der Waals surface area contributed by atoms with Gasteiger partial charge in [-0.2, -0.15) is 0 Å². The third-order valence-corrected chi connectivity index (χ3v) is 3.44. The molecule has 0 aromatic carbocycles. The summed E-state index contributed by atoms with van der Waals surface area (Å²) in [6.45, 7) is 3.95. The molecule has 0 aliphatic rings. The predicted octanol–water partition coefficient (Wildman–Crippen LogP) is 2.21. The summed E-state index contributed by atoms with van der Waals surface area (Å²) in [5.41, 5.74) is 0.159. The largest absolute Gasteiger partial charge is 0.478 e. The SMILES string of the molecule is CCOC(=O)C(CC)Sc1cc(C(=O)O)ccn1. The molecule has 0 fully saturated rings. The number of ether oxygens (including phenoxy) is 1. The summed E-state index contributed by atoms with van der Waals surface area (Å²) in [5.74, 6) is -1.31. The van der Waals surface area contributed by atoms with Gasteiger partial charge < -0.3 is 9.84 Å². The van der Waals surface area contributed by atoms with Gasteiger partial charge >= 0.3 is 11.9 Å². The van der Waals surface area contributed by atoms with Gasteiger partial charge in [-0.1, -0.05) is 18.7 Å². The van der Waals surface area contributed by atoms with Crippen molar-refractivity contribution >= 4 is 23.7 Å². The number of thioether (sulfide) groups is 1. The molecule has 0 amide bonds. The number of aromatic carboxylic acids is 1. The monoisotopic (exact) mass is 269 g/mol. The molecule has 18 heavy (non-hydrogen) atoms. The summed E-state index contributed by atoms with van der Waals surface area (Å²) in [6.07, 6.45) is 2.02. The average molecular weight is 269 g/mol. The van der Waals surface area contributed by atoms with E-state index in [2.05, 4.69) is 4.98 Å². The highest BCUT2D eigenvalue weighted by molar-refractivity contribution is 8.00. The van der Waals surface area contributed by atoms with Crippen molar-refractivity contribution < 1.29 is 19.4 Å². The molecule has 0 aliphatic carbocycles. The van der Waals surface area contributed by atoms with E-state index in [-0.39, 0.29) is 16.8 Å². The molecule has 0 saturated carbocycles. The number of carbonyl (C=O) groups excluding carboxylic acids is 1. The topological polar surface area (TPSA) is 76.5 Å². The number of hydrogen-bond donors (Lipinski definition) is 1. The second kappa shape index (κ2) is 7.00. The van der Waals surface area contributed by atoms with Gasteiger partial charge in [0.1, 0.15) is 5.25 Å². The normalized spacial score (nSPS) is 11.9. The Morgan fingerprint density at radius 2 is 2.22 bits per heavy atom.